The van der Waals surface area contributed by atoms with Crippen LogP contribution in [0.25, 0.3) is 0 Å². The molecule has 180 valence electrons. The maximum Gasteiger partial charge on any atom is 0.227 e. The first-order valence-corrected chi connectivity index (χ1v) is 11.5. The number of methoxy groups -OCH3 is 2. The molecule has 33 heavy (non-hydrogen) atoms. The van der Waals surface area contributed by atoms with Crippen molar-refractivity contribution in [3.05, 3.63) is 35.5 Å². The van der Waals surface area contributed by atoms with E-state index in [0.717, 1.165) is 55.6 Å². The van der Waals surface area contributed by atoms with Crippen LogP contribution in [0, 0.1) is 0 Å². The molecule has 0 atom stereocenters. The molecule has 2 aromatic rings. The molecule has 2 N–H and O–H groups in total. The van der Waals surface area contributed by atoms with Gasteiger partial charge in [0.15, 0.2) is 5.82 Å². The molecule has 2 amide bonds. The lowest BCUT2D eigenvalue weighted by Crippen LogP contribution is -2.45. The molecule has 0 unspecified atom stereocenters. The largest absolute Gasteiger partial charge is 0.497 e. The Morgan fingerprint density at radius 3 is 2.52 bits per heavy atom. The average Bonchev–Trinajstić information content (AvgIpc) is 3.17. The minimum absolute atomic E-state index is 0.0896. The van der Waals surface area contributed by atoms with Gasteiger partial charge in [0.05, 0.1) is 14.2 Å². The van der Waals surface area contributed by atoms with Crippen LogP contribution in [0.1, 0.15) is 69.1 Å². The van der Waals surface area contributed by atoms with Gasteiger partial charge in [0.1, 0.15) is 17.0 Å². The number of nitrogens with one attached hydrogen (secondary N) is 2. The summed E-state index contributed by atoms with van der Waals surface area (Å²) in [4.78, 5) is 28.7. The monoisotopic (exact) mass is 458 g/mol. The molecule has 9 nitrogen and oxygen atoms in total. The Bertz CT molecular complexity index is 935. The van der Waals surface area contributed by atoms with Crippen LogP contribution in [0.15, 0.2) is 22.7 Å². The van der Waals surface area contributed by atoms with E-state index in [0.29, 0.717) is 31.1 Å². The maximum atomic E-state index is 12.3. The van der Waals surface area contributed by atoms with E-state index in [1.54, 1.807) is 14.2 Å². The summed E-state index contributed by atoms with van der Waals surface area (Å²) < 4.78 is 16.0. The molecule has 1 aromatic heterocycles. The Kier molecular flexibility index (Phi) is 8.68. The summed E-state index contributed by atoms with van der Waals surface area (Å²) >= 11 is 0. The second kappa shape index (κ2) is 11.7. The SMILES string of the molecule is COc1ccc(CCNC(=O)CCc2nc(C3(NC(C)=O)CCCCCC3)no2)c(OC)c1. The predicted molar refractivity (Wildman–Crippen MR) is 122 cm³/mol. The molecule has 0 spiro atoms. The van der Waals surface area contributed by atoms with Crippen molar-refractivity contribution in [3.63, 3.8) is 0 Å². The highest BCUT2D eigenvalue weighted by Gasteiger charge is 2.38. The number of carbonyl (C=O) groups is 2. The normalized spacial score (nSPS) is 15.4. The van der Waals surface area contributed by atoms with Gasteiger partial charge < -0.3 is 24.6 Å². The second-order valence-electron chi connectivity index (χ2n) is 8.47. The third-order valence-electron chi connectivity index (χ3n) is 6.05. The van der Waals surface area contributed by atoms with Crippen molar-refractivity contribution in [1.82, 2.24) is 20.8 Å². The first kappa shape index (κ1) is 24.5. The quantitative estimate of drug-likeness (QED) is 0.526. The number of aromatic nitrogens is 2. The van der Waals surface area contributed by atoms with E-state index in [9.17, 15) is 9.59 Å². The van der Waals surface area contributed by atoms with Gasteiger partial charge in [-0.2, -0.15) is 4.98 Å². The van der Waals surface area contributed by atoms with Crippen molar-refractivity contribution in [3.8, 4) is 11.5 Å². The molecule has 1 heterocycles. The van der Waals surface area contributed by atoms with Crippen molar-refractivity contribution in [2.24, 2.45) is 0 Å². The number of hydrogen-bond donors (Lipinski definition) is 2. The van der Waals surface area contributed by atoms with E-state index in [1.807, 2.05) is 18.2 Å². The summed E-state index contributed by atoms with van der Waals surface area (Å²) in [6.45, 7) is 2.00. The number of amides is 2. The minimum Gasteiger partial charge on any atom is -0.497 e. The fourth-order valence-corrected chi connectivity index (χ4v) is 4.33. The van der Waals surface area contributed by atoms with Crippen LogP contribution in [0.5, 0.6) is 11.5 Å². The highest BCUT2D eigenvalue weighted by molar-refractivity contribution is 5.76. The fraction of sp³-hybridized carbons (Fsp3) is 0.583. The van der Waals surface area contributed by atoms with Crippen molar-refractivity contribution >= 4 is 11.8 Å². The molecular weight excluding hydrogens is 424 g/mol. The molecule has 0 bridgehead atoms. The van der Waals surface area contributed by atoms with E-state index in [2.05, 4.69) is 20.8 Å². The molecule has 1 aliphatic rings. The van der Waals surface area contributed by atoms with Crippen LogP contribution in [0.3, 0.4) is 0 Å². The molecule has 9 heteroatoms. The number of hydrogen-bond acceptors (Lipinski definition) is 7. The Hall–Kier alpha value is -3.10. The van der Waals surface area contributed by atoms with E-state index in [4.69, 9.17) is 14.0 Å². The predicted octanol–water partition coefficient (Wildman–Crippen LogP) is 3.06. The first-order valence-electron chi connectivity index (χ1n) is 11.5. The highest BCUT2D eigenvalue weighted by Crippen LogP contribution is 2.34. The first-order chi connectivity index (χ1) is 16.0. The van der Waals surface area contributed by atoms with Crippen molar-refractivity contribution in [2.75, 3.05) is 20.8 Å². The minimum atomic E-state index is -0.580. The highest BCUT2D eigenvalue weighted by atomic mass is 16.5. The number of rotatable bonds is 10. The third kappa shape index (κ3) is 6.69. The van der Waals surface area contributed by atoms with Gasteiger partial charge in [0, 0.05) is 32.4 Å². The van der Waals surface area contributed by atoms with E-state index >= 15 is 0 Å². The summed E-state index contributed by atoms with van der Waals surface area (Å²) in [7, 11) is 3.22. The number of nitrogens with zero attached hydrogens (tertiary/aromatic N) is 2. The van der Waals surface area contributed by atoms with Crippen molar-refractivity contribution < 1.29 is 23.6 Å². The summed E-state index contributed by atoms with van der Waals surface area (Å²) in [6, 6.07) is 5.63. The lowest BCUT2D eigenvalue weighted by atomic mass is 9.89. The summed E-state index contributed by atoms with van der Waals surface area (Å²) in [6.07, 6.45) is 7.10. The molecule has 0 aliphatic heterocycles. The molecule has 1 aliphatic carbocycles. The molecular formula is C24H34N4O5. The van der Waals surface area contributed by atoms with Crippen LogP contribution < -0.4 is 20.1 Å². The Balaban J connectivity index is 1.51. The molecule has 3 rings (SSSR count). The van der Waals surface area contributed by atoms with Gasteiger partial charge in [0.25, 0.3) is 0 Å². The van der Waals surface area contributed by atoms with Gasteiger partial charge >= 0.3 is 0 Å². The topological polar surface area (TPSA) is 116 Å². The Morgan fingerprint density at radius 1 is 1.09 bits per heavy atom. The van der Waals surface area contributed by atoms with Crippen molar-refractivity contribution in [2.45, 2.75) is 70.3 Å². The summed E-state index contributed by atoms with van der Waals surface area (Å²) in [5.41, 5.74) is 0.413. The van der Waals surface area contributed by atoms with Gasteiger partial charge in [-0.3, -0.25) is 9.59 Å². The van der Waals surface area contributed by atoms with Crippen LogP contribution in [0.2, 0.25) is 0 Å². The molecule has 0 saturated heterocycles. The Labute approximate surface area is 194 Å². The van der Waals surface area contributed by atoms with Gasteiger partial charge in [-0.15, -0.1) is 0 Å². The molecule has 1 fully saturated rings. The van der Waals surface area contributed by atoms with E-state index in [1.165, 1.54) is 6.92 Å². The van der Waals surface area contributed by atoms with Crippen molar-refractivity contribution in [1.29, 1.82) is 0 Å². The zero-order valence-electron chi connectivity index (χ0n) is 19.7. The van der Waals surface area contributed by atoms with E-state index in [-0.39, 0.29) is 18.2 Å². The summed E-state index contributed by atoms with van der Waals surface area (Å²) in [5.74, 6) is 2.19. The smallest absolute Gasteiger partial charge is 0.227 e. The maximum absolute atomic E-state index is 12.3. The fourth-order valence-electron chi connectivity index (χ4n) is 4.33. The standard InChI is InChI=1S/C24H34N4O5/c1-17(29)27-24(13-6-4-5-7-14-24)23-26-22(33-28-23)11-10-21(30)25-15-12-18-8-9-19(31-2)16-20(18)32-3/h8-9,16H,4-7,10-15H2,1-3H3,(H,25,30)(H,27,29). The molecule has 1 aromatic carbocycles. The van der Waals surface area contributed by atoms with E-state index < -0.39 is 5.54 Å². The lowest BCUT2D eigenvalue weighted by Gasteiger charge is -2.30. The van der Waals surface area contributed by atoms with Gasteiger partial charge in [-0.05, 0) is 30.9 Å². The molecule has 0 radical (unpaired) electrons. The van der Waals surface area contributed by atoms with Gasteiger partial charge in [-0.25, -0.2) is 0 Å². The van der Waals surface area contributed by atoms with Crippen LogP contribution in [0.4, 0.5) is 0 Å². The van der Waals surface area contributed by atoms with Gasteiger partial charge in [-0.1, -0.05) is 36.9 Å². The molecule has 1 saturated carbocycles. The van der Waals surface area contributed by atoms with Gasteiger partial charge in [0.2, 0.25) is 17.7 Å². The average molecular weight is 459 g/mol. The van der Waals surface area contributed by atoms with Crippen LogP contribution in [-0.2, 0) is 28.0 Å². The third-order valence-corrected chi connectivity index (χ3v) is 6.05. The lowest BCUT2D eigenvalue weighted by molar-refractivity contribution is -0.122. The van der Waals surface area contributed by atoms with Crippen LogP contribution >= 0.6 is 0 Å². The summed E-state index contributed by atoms with van der Waals surface area (Å²) in [5, 5.41) is 10.2. The second-order valence-corrected chi connectivity index (χ2v) is 8.47. The number of ether oxygens (including phenoxy) is 2. The number of benzene rings is 1. The zero-order chi connectivity index (χ0) is 23.7. The zero-order valence-corrected chi connectivity index (χ0v) is 19.7. The number of carbonyl (C=O) groups excluding carboxylic acids is 2. The number of aryl methyl sites for hydroxylation is 1. The van der Waals surface area contributed by atoms with Crippen LogP contribution in [-0.4, -0.2) is 42.7 Å². The Morgan fingerprint density at radius 2 is 1.85 bits per heavy atom.